The predicted molar refractivity (Wildman–Crippen MR) is 78.5 cm³/mol. The second-order valence-corrected chi connectivity index (χ2v) is 5.73. The van der Waals surface area contributed by atoms with E-state index in [1.807, 2.05) is 31.2 Å². The molecule has 106 valence electrons. The van der Waals surface area contributed by atoms with Crippen molar-refractivity contribution < 1.29 is 9.90 Å². The first-order valence-corrected chi connectivity index (χ1v) is 6.48. The van der Waals surface area contributed by atoms with Gasteiger partial charge < -0.3 is 10.0 Å². The fourth-order valence-corrected chi connectivity index (χ4v) is 1.76. The van der Waals surface area contributed by atoms with E-state index >= 15 is 0 Å². The van der Waals surface area contributed by atoms with Gasteiger partial charge in [-0.3, -0.25) is 4.90 Å². The number of urea groups is 1. The van der Waals surface area contributed by atoms with Gasteiger partial charge in [-0.1, -0.05) is 12.1 Å². The van der Waals surface area contributed by atoms with Crippen LogP contribution in [0.25, 0.3) is 0 Å². The quantitative estimate of drug-likeness (QED) is 0.908. The van der Waals surface area contributed by atoms with Crippen LogP contribution in [0.2, 0.25) is 0 Å². The Labute approximate surface area is 115 Å². The summed E-state index contributed by atoms with van der Waals surface area (Å²) in [5.41, 5.74) is 1.19. The average Bonchev–Trinajstić information content (AvgIpc) is 2.27. The number of anilines is 1. The van der Waals surface area contributed by atoms with E-state index in [0.29, 0.717) is 13.0 Å². The molecule has 0 fully saturated rings. The molecular formula is C15H24N2O2. The van der Waals surface area contributed by atoms with Crippen LogP contribution in [0, 0.1) is 6.92 Å². The minimum absolute atomic E-state index is 0.0742. The Morgan fingerprint density at radius 3 is 2.42 bits per heavy atom. The van der Waals surface area contributed by atoms with Gasteiger partial charge in [-0.05, 0) is 44.9 Å². The van der Waals surface area contributed by atoms with E-state index in [9.17, 15) is 9.90 Å². The van der Waals surface area contributed by atoms with Gasteiger partial charge in [-0.25, -0.2) is 4.79 Å². The molecular weight excluding hydrogens is 240 g/mol. The fourth-order valence-electron chi connectivity index (χ4n) is 1.76. The van der Waals surface area contributed by atoms with Gasteiger partial charge in [0.15, 0.2) is 0 Å². The number of aryl methyl sites for hydroxylation is 1. The fraction of sp³-hybridized carbons (Fsp3) is 0.533. The summed E-state index contributed by atoms with van der Waals surface area (Å²) < 4.78 is 0. The van der Waals surface area contributed by atoms with Crippen molar-refractivity contribution in [1.29, 1.82) is 0 Å². The maximum Gasteiger partial charge on any atom is 0.323 e. The number of hydrogen-bond acceptors (Lipinski definition) is 2. The summed E-state index contributed by atoms with van der Waals surface area (Å²) in [6, 6.07) is 7.75. The van der Waals surface area contributed by atoms with Gasteiger partial charge in [0.2, 0.25) is 0 Å². The molecule has 4 nitrogen and oxygen atoms in total. The van der Waals surface area contributed by atoms with E-state index in [2.05, 4.69) is 0 Å². The molecule has 1 aromatic rings. The molecule has 1 rings (SSSR count). The molecule has 0 radical (unpaired) electrons. The number of hydrogen-bond donors (Lipinski definition) is 1. The predicted octanol–water partition coefficient (Wildman–Crippen LogP) is 2.64. The van der Waals surface area contributed by atoms with Gasteiger partial charge in [0.05, 0.1) is 5.60 Å². The summed E-state index contributed by atoms with van der Waals surface area (Å²) in [5.74, 6) is 0. The van der Waals surface area contributed by atoms with Crippen molar-refractivity contribution in [3.8, 4) is 0 Å². The van der Waals surface area contributed by atoms with Crippen molar-refractivity contribution in [3.05, 3.63) is 29.8 Å². The van der Waals surface area contributed by atoms with E-state index in [-0.39, 0.29) is 6.03 Å². The Hall–Kier alpha value is -1.55. The number of benzene rings is 1. The summed E-state index contributed by atoms with van der Waals surface area (Å²) in [4.78, 5) is 15.5. The minimum atomic E-state index is -0.783. The van der Waals surface area contributed by atoms with E-state index in [1.165, 1.54) is 0 Å². The Kier molecular flexibility index (Phi) is 4.95. The summed E-state index contributed by atoms with van der Waals surface area (Å²) in [6.45, 7) is 5.99. The van der Waals surface area contributed by atoms with Crippen molar-refractivity contribution in [3.63, 3.8) is 0 Å². The standard InChI is InChI=1S/C15H24N2O2/c1-12-7-6-8-13(11-12)17(14(18)16(4)5)10-9-15(2,3)19/h6-8,11,19H,9-10H2,1-5H3. The second-order valence-electron chi connectivity index (χ2n) is 5.73. The van der Waals surface area contributed by atoms with Crippen LogP contribution in [0.3, 0.4) is 0 Å². The van der Waals surface area contributed by atoms with Crippen molar-refractivity contribution in [1.82, 2.24) is 4.90 Å². The Morgan fingerprint density at radius 2 is 1.95 bits per heavy atom. The summed E-state index contributed by atoms with van der Waals surface area (Å²) >= 11 is 0. The van der Waals surface area contributed by atoms with Crippen molar-refractivity contribution in [2.24, 2.45) is 0 Å². The van der Waals surface area contributed by atoms with Crippen LogP contribution in [0.5, 0.6) is 0 Å². The van der Waals surface area contributed by atoms with Gasteiger partial charge in [0.1, 0.15) is 0 Å². The minimum Gasteiger partial charge on any atom is -0.390 e. The number of carbonyl (C=O) groups excluding carboxylic acids is 1. The number of amides is 2. The number of aliphatic hydroxyl groups is 1. The van der Waals surface area contributed by atoms with Crippen LogP contribution in [-0.4, -0.2) is 42.3 Å². The molecule has 1 aromatic carbocycles. The smallest absolute Gasteiger partial charge is 0.323 e. The van der Waals surface area contributed by atoms with Crippen LogP contribution < -0.4 is 4.90 Å². The Morgan fingerprint density at radius 1 is 1.32 bits per heavy atom. The molecule has 0 spiro atoms. The molecule has 0 saturated heterocycles. The maximum absolute atomic E-state index is 12.2. The zero-order chi connectivity index (χ0) is 14.6. The van der Waals surface area contributed by atoms with E-state index in [0.717, 1.165) is 11.3 Å². The summed E-state index contributed by atoms with van der Waals surface area (Å²) in [6.07, 6.45) is 0.528. The van der Waals surface area contributed by atoms with Crippen molar-refractivity contribution in [2.45, 2.75) is 32.8 Å². The van der Waals surface area contributed by atoms with Gasteiger partial charge in [0, 0.05) is 26.3 Å². The SMILES string of the molecule is Cc1cccc(N(CCC(C)(C)O)C(=O)N(C)C)c1. The lowest BCUT2D eigenvalue weighted by atomic mass is 10.1. The zero-order valence-corrected chi connectivity index (χ0v) is 12.5. The average molecular weight is 264 g/mol. The van der Waals surface area contributed by atoms with Crippen LogP contribution >= 0.6 is 0 Å². The molecule has 0 aliphatic rings. The number of rotatable bonds is 4. The third-order valence-corrected chi connectivity index (χ3v) is 2.87. The molecule has 0 heterocycles. The first-order valence-electron chi connectivity index (χ1n) is 6.48. The third kappa shape index (κ3) is 4.91. The van der Waals surface area contributed by atoms with Crippen LogP contribution in [0.15, 0.2) is 24.3 Å². The van der Waals surface area contributed by atoms with E-state index in [4.69, 9.17) is 0 Å². The molecule has 0 aliphatic carbocycles. The molecule has 0 atom stereocenters. The summed E-state index contributed by atoms with van der Waals surface area (Å²) in [5, 5.41) is 9.84. The van der Waals surface area contributed by atoms with Crippen LogP contribution in [0.1, 0.15) is 25.8 Å². The first kappa shape index (κ1) is 15.5. The Bertz CT molecular complexity index is 436. The van der Waals surface area contributed by atoms with Gasteiger partial charge in [-0.15, -0.1) is 0 Å². The van der Waals surface area contributed by atoms with Gasteiger partial charge in [0.25, 0.3) is 0 Å². The molecule has 0 unspecified atom stereocenters. The second kappa shape index (κ2) is 6.06. The molecule has 4 heteroatoms. The van der Waals surface area contributed by atoms with Gasteiger partial charge in [-0.2, -0.15) is 0 Å². The highest BCUT2D eigenvalue weighted by Gasteiger charge is 2.21. The molecule has 0 saturated carbocycles. The van der Waals surface area contributed by atoms with E-state index < -0.39 is 5.60 Å². The lowest BCUT2D eigenvalue weighted by molar-refractivity contribution is 0.0733. The van der Waals surface area contributed by atoms with Crippen LogP contribution in [0.4, 0.5) is 10.5 Å². The van der Waals surface area contributed by atoms with E-state index in [1.54, 1.807) is 37.7 Å². The molecule has 2 amide bonds. The normalized spacial score (nSPS) is 11.3. The molecule has 19 heavy (non-hydrogen) atoms. The van der Waals surface area contributed by atoms with Crippen LogP contribution in [-0.2, 0) is 0 Å². The largest absolute Gasteiger partial charge is 0.390 e. The highest BCUT2D eigenvalue weighted by atomic mass is 16.3. The topological polar surface area (TPSA) is 43.8 Å². The first-order chi connectivity index (χ1) is 8.70. The highest BCUT2D eigenvalue weighted by Crippen LogP contribution is 2.19. The lowest BCUT2D eigenvalue weighted by Gasteiger charge is -2.29. The van der Waals surface area contributed by atoms with Crippen molar-refractivity contribution in [2.75, 3.05) is 25.5 Å². The molecule has 0 bridgehead atoms. The van der Waals surface area contributed by atoms with Gasteiger partial charge >= 0.3 is 6.03 Å². The third-order valence-electron chi connectivity index (χ3n) is 2.87. The number of carbonyl (C=O) groups is 1. The molecule has 0 aliphatic heterocycles. The summed E-state index contributed by atoms with van der Waals surface area (Å²) in [7, 11) is 3.46. The van der Waals surface area contributed by atoms with Crippen molar-refractivity contribution >= 4 is 11.7 Å². The maximum atomic E-state index is 12.2. The zero-order valence-electron chi connectivity index (χ0n) is 12.5. The lowest BCUT2D eigenvalue weighted by Crippen LogP contribution is -2.41. The number of nitrogens with zero attached hydrogens (tertiary/aromatic N) is 2. The molecule has 0 aromatic heterocycles. The monoisotopic (exact) mass is 264 g/mol. The Balaban J connectivity index is 2.96. The highest BCUT2D eigenvalue weighted by molar-refractivity contribution is 5.91. The molecule has 1 N–H and O–H groups in total.